The summed E-state index contributed by atoms with van der Waals surface area (Å²) in [7, 11) is 0. The first-order valence-corrected chi connectivity index (χ1v) is 12.5. The number of carbonyl (C=O) groups excluding carboxylic acids is 1. The summed E-state index contributed by atoms with van der Waals surface area (Å²) in [4.78, 5) is 12.6. The highest BCUT2D eigenvalue weighted by Crippen LogP contribution is 2.44. The molecule has 0 unspecified atom stereocenters. The predicted octanol–water partition coefficient (Wildman–Crippen LogP) is 8.42. The monoisotopic (exact) mass is 498 g/mol. The van der Waals surface area contributed by atoms with Crippen LogP contribution in [0.3, 0.4) is 0 Å². The molecule has 0 heterocycles. The smallest absolute Gasteiger partial charge is 0.423 e. The first-order valence-electron chi connectivity index (χ1n) is 12.5. The van der Waals surface area contributed by atoms with Crippen LogP contribution in [-0.2, 0) is 19.0 Å². The minimum atomic E-state index is -4.83. The Balaban J connectivity index is 1.59. The van der Waals surface area contributed by atoms with Crippen molar-refractivity contribution < 1.29 is 27.8 Å². The molecule has 3 nitrogen and oxygen atoms in total. The summed E-state index contributed by atoms with van der Waals surface area (Å²) in [6.45, 7) is 3.76. The van der Waals surface area contributed by atoms with Gasteiger partial charge in [0.25, 0.3) is 0 Å². The molecule has 0 aliphatic carbocycles. The number of benzene rings is 3. The third-order valence-electron chi connectivity index (χ3n) is 6.20. The molecule has 0 radical (unpaired) electrons. The van der Waals surface area contributed by atoms with Gasteiger partial charge in [-0.3, -0.25) is 4.79 Å². The van der Waals surface area contributed by atoms with Crippen LogP contribution in [0.25, 0.3) is 11.1 Å². The van der Waals surface area contributed by atoms with Crippen LogP contribution in [-0.4, -0.2) is 17.5 Å². The Morgan fingerprint density at radius 3 is 1.86 bits per heavy atom. The minimum Gasteiger partial charge on any atom is -0.506 e. The maximum Gasteiger partial charge on any atom is 0.423 e. The van der Waals surface area contributed by atoms with Crippen molar-refractivity contribution in [2.75, 3.05) is 6.61 Å². The van der Waals surface area contributed by atoms with Gasteiger partial charge in [-0.05, 0) is 67.0 Å². The van der Waals surface area contributed by atoms with Crippen molar-refractivity contribution in [1.29, 1.82) is 0 Å². The Hall–Kier alpha value is -3.28. The second-order valence-electron chi connectivity index (χ2n) is 8.89. The number of phenolic OH excluding ortho intramolecular Hbond substituents is 1. The molecular weight excluding hydrogens is 465 g/mol. The van der Waals surface area contributed by atoms with E-state index in [1.165, 1.54) is 30.9 Å². The number of alkyl halides is 3. The zero-order chi connectivity index (χ0) is 26.1. The maximum atomic E-state index is 13.4. The number of Topliss-reactive ketones (excluding diaryl/α,β-unsaturated/α-hetero) is 1. The van der Waals surface area contributed by atoms with Crippen molar-refractivity contribution >= 4 is 5.78 Å². The van der Waals surface area contributed by atoms with Crippen molar-refractivity contribution in [3.8, 4) is 22.6 Å². The van der Waals surface area contributed by atoms with E-state index in [1.807, 2.05) is 24.3 Å². The number of aryl methyl sites for hydroxylation is 2. The highest BCUT2D eigenvalue weighted by atomic mass is 19.4. The van der Waals surface area contributed by atoms with Crippen LogP contribution in [0.15, 0.2) is 60.7 Å². The molecule has 0 bridgehead atoms. The number of rotatable bonds is 12. The molecule has 0 aromatic heterocycles. The largest absolute Gasteiger partial charge is 0.506 e. The molecule has 192 valence electrons. The van der Waals surface area contributed by atoms with Gasteiger partial charge in [0.15, 0.2) is 5.78 Å². The molecule has 0 saturated carbocycles. The first kappa shape index (κ1) is 27.3. The highest BCUT2D eigenvalue weighted by molar-refractivity contribution is 5.99. The summed E-state index contributed by atoms with van der Waals surface area (Å²) in [6.07, 6.45) is 1.01. The summed E-state index contributed by atoms with van der Waals surface area (Å²) in [5, 5.41) is 10.2. The molecule has 3 rings (SSSR count). The Kier molecular flexibility index (Phi) is 9.57. The van der Waals surface area contributed by atoms with E-state index in [1.54, 1.807) is 6.92 Å². The number of phenols is 1. The van der Waals surface area contributed by atoms with Crippen molar-refractivity contribution in [1.82, 2.24) is 0 Å². The van der Waals surface area contributed by atoms with Crippen molar-refractivity contribution in [3.05, 3.63) is 82.9 Å². The number of hydrogen-bond acceptors (Lipinski definition) is 3. The van der Waals surface area contributed by atoms with Gasteiger partial charge >= 0.3 is 6.18 Å². The number of hydrogen-bond donors (Lipinski definition) is 1. The quantitative estimate of drug-likeness (QED) is 0.201. The molecule has 0 spiro atoms. The van der Waals surface area contributed by atoms with Crippen LogP contribution in [0.4, 0.5) is 13.2 Å². The maximum absolute atomic E-state index is 13.4. The normalized spacial score (nSPS) is 11.5. The van der Waals surface area contributed by atoms with E-state index >= 15 is 0 Å². The minimum absolute atomic E-state index is 0.0129. The molecule has 6 heteroatoms. The van der Waals surface area contributed by atoms with Crippen LogP contribution in [0.2, 0.25) is 0 Å². The van der Waals surface area contributed by atoms with E-state index in [0.29, 0.717) is 12.8 Å². The standard InChI is InChI=1S/C30H33F3O3/c1-3-5-6-8-21-11-15-23(16-12-21)24-17-13-22(14-18-24)9-7-10-26(34)25-19-20-27(36-4-2)28(29(25)35)30(31,32)33/h11-20,35H,3-10H2,1-2H3. The van der Waals surface area contributed by atoms with Crippen molar-refractivity contribution in [2.24, 2.45) is 0 Å². The zero-order valence-electron chi connectivity index (χ0n) is 20.8. The fraction of sp³-hybridized carbons (Fsp3) is 0.367. The fourth-order valence-corrected chi connectivity index (χ4v) is 4.24. The Morgan fingerprint density at radius 1 is 0.806 bits per heavy atom. The zero-order valence-corrected chi connectivity index (χ0v) is 20.8. The molecule has 0 atom stereocenters. The lowest BCUT2D eigenvalue weighted by molar-refractivity contribution is -0.140. The second-order valence-corrected chi connectivity index (χ2v) is 8.89. The van der Waals surface area contributed by atoms with E-state index in [4.69, 9.17) is 4.74 Å². The molecule has 0 aliphatic rings. The average Bonchev–Trinajstić information content (AvgIpc) is 2.84. The van der Waals surface area contributed by atoms with Crippen molar-refractivity contribution in [2.45, 2.75) is 65.0 Å². The third kappa shape index (κ3) is 7.12. The van der Waals surface area contributed by atoms with E-state index in [-0.39, 0.29) is 18.6 Å². The van der Waals surface area contributed by atoms with Gasteiger partial charge in [-0.25, -0.2) is 0 Å². The topological polar surface area (TPSA) is 46.5 Å². The van der Waals surface area contributed by atoms with Gasteiger partial charge in [-0.1, -0.05) is 68.3 Å². The van der Waals surface area contributed by atoms with Crippen LogP contribution < -0.4 is 4.74 Å². The van der Waals surface area contributed by atoms with Crippen LogP contribution >= 0.6 is 0 Å². The van der Waals surface area contributed by atoms with Gasteiger partial charge in [0.05, 0.1) is 12.2 Å². The summed E-state index contributed by atoms with van der Waals surface area (Å²) >= 11 is 0. The molecule has 3 aromatic carbocycles. The molecule has 0 aliphatic heterocycles. The van der Waals surface area contributed by atoms with E-state index in [9.17, 15) is 23.1 Å². The van der Waals surface area contributed by atoms with Gasteiger partial charge < -0.3 is 9.84 Å². The number of ketones is 1. The Morgan fingerprint density at radius 2 is 1.36 bits per heavy atom. The van der Waals surface area contributed by atoms with E-state index in [2.05, 4.69) is 31.2 Å². The Bertz CT molecular complexity index is 1130. The molecule has 3 aromatic rings. The van der Waals surface area contributed by atoms with Crippen LogP contribution in [0, 0.1) is 0 Å². The fourth-order valence-electron chi connectivity index (χ4n) is 4.24. The van der Waals surface area contributed by atoms with Gasteiger partial charge in [-0.15, -0.1) is 0 Å². The van der Waals surface area contributed by atoms with Gasteiger partial charge in [0.1, 0.15) is 17.1 Å². The number of aromatic hydroxyl groups is 1. The van der Waals surface area contributed by atoms with Crippen LogP contribution in [0.1, 0.15) is 73.0 Å². The van der Waals surface area contributed by atoms with Crippen LogP contribution in [0.5, 0.6) is 11.5 Å². The van der Waals surface area contributed by atoms with Gasteiger partial charge in [0, 0.05) is 6.42 Å². The van der Waals surface area contributed by atoms with E-state index < -0.39 is 29.0 Å². The number of carbonyl (C=O) groups is 1. The second kappa shape index (κ2) is 12.6. The molecular formula is C30H33F3O3. The molecule has 0 saturated heterocycles. The van der Waals surface area contributed by atoms with Gasteiger partial charge in [0.2, 0.25) is 0 Å². The lowest BCUT2D eigenvalue weighted by Crippen LogP contribution is -2.12. The number of unbranched alkanes of at least 4 members (excludes halogenated alkanes) is 2. The summed E-state index contributed by atoms with van der Waals surface area (Å²) in [6, 6.07) is 19.0. The van der Waals surface area contributed by atoms with E-state index in [0.717, 1.165) is 29.2 Å². The number of ether oxygens (including phenoxy) is 1. The summed E-state index contributed by atoms with van der Waals surface area (Å²) in [5.41, 5.74) is 2.99. The predicted molar refractivity (Wildman–Crippen MR) is 137 cm³/mol. The summed E-state index contributed by atoms with van der Waals surface area (Å²) in [5.74, 6) is -2.08. The third-order valence-corrected chi connectivity index (χ3v) is 6.20. The average molecular weight is 499 g/mol. The number of halogens is 3. The first-order chi connectivity index (χ1) is 17.2. The molecule has 1 N–H and O–H groups in total. The SMILES string of the molecule is CCCCCc1ccc(-c2ccc(CCCC(=O)c3ccc(OCC)c(C(F)(F)F)c3O)cc2)cc1. The summed E-state index contributed by atoms with van der Waals surface area (Å²) < 4.78 is 45.3. The Labute approximate surface area is 210 Å². The lowest BCUT2D eigenvalue weighted by atomic mass is 9.97. The van der Waals surface area contributed by atoms with Gasteiger partial charge in [-0.2, -0.15) is 13.2 Å². The lowest BCUT2D eigenvalue weighted by Gasteiger charge is -2.16. The molecule has 0 amide bonds. The highest BCUT2D eigenvalue weighted by Gasteiger charge is 2.39. The van der Waals surface area contributed by atoms with Crippen molar-refractivity contribution in [3.63, 3.8) is 0 Å². The molecule has 36 heavy (non-hydrogen) atoms. The molecule has 0 fully saturated rings.